The maximum Gasteiger partial charge on any atom is 0.136 e. The van der Waals surface area contributed by atoms with Gasteiger partial charge in [-0.15, -0.1) is 0 Å². The zero-order valence-corrected chi connectivity index (χ0v) is 11.2. The number of rotatable bonds is 4. The average molecular weight is 284 g/mol. The van der Waals surface area contributed by atoms with Crippen LogP contribution < -0.4 is 10.5 Å². The minimum atomic E-state index is 0.268. The van der Waals surface area contributed by atoms with Gasteiger partial charge in [-0.1, -0.05) is 18.6 Å². The third-order valence-corrected chi connectivity index (χ3v) is 4.30. The van der Waals surface area contributed by atoms with E-state index < -0.39 is 0 Å². The molecular formula is C13H18BrNO. The van der Waals surface area contributed by atoms with Crippen LogP contribution in [0, 0.1) is 0 Å². The molecule has 1 aliphatic carbocycles. The Labute approximate surface area is 105 Å². The highest BCUT2D eigenvalue weighted by Crippen LogP contribution is 2.50. The first-order valence-electron chi connectivity index (χ1n) is 5.76. The largest absolute Gasteiger partial charge is 0.495 e. The number of benzene rings is 1. The van der Waals surface area contributed by atoms with Crippen LogP contribution in [-0.4, -0.2) is 13.7 Å². The van der Waals surface area contributed by atoms with E-state index in [2.05, 4.69) is 28.1 Å². The number of nitrogens with two attached hydrogens (primary N) is 1. The molecular weight excluding hydrogens is 266 g/mol. The summed E-state index contributed by atoms with van der Waals surface area (Å²) in [6.45, 7) is 0.746. The van der Waals surface area contributed by atoms with Crippen LogP contribution in [0.2, 0.25) is 0 Å². The van der Waals surface area contributed by atoms with Gasteiger partial charge in [0.15, 0.2) is 0 Å². The molecule has 2 nitrogen and oxygen atoms in total. The van der Waals surface area contributed by atoms with Crippen LogP contribution in [0.3, 0.4) is 0 Å². The number of ether oxygens (including phenoxy) is 1. The molecule has 1 aliphatic rings. The summed E-state index contributed by atoms with van der Waals surface area (Å²) in [5.41, 5.74) is 7.33. The van der Waals surface area contributed by atoms with Crippen molar-refractivity contribution in [1.29, 1.82) is 0 Å². The van der Waals surface area contributed by atoms with Crippen LogP contribution in [0.1, 0.15) is 31.2 Å². The van der Waals surface area contributed by atoms with Gasteiger partial charge in [0.05, 0.1) is 11.6 Å². The van der Waals surface area contributed by atoms with E-state index in [4.69, 9.17) is 10.5 Å². The van der Waals surface area contributed by atoms with Crippen LogP contribution >= 0.6 is 15.9 Å². The Morgan fingerprint density at radius 3 is 2.69 bits per heavy atom. The van der Waals surface area contributed by atoms with Crippen molar-refractivity contribution >= 4 is 15.9 Å². The summed E-state index contributed by atoms with van der Waals surface area (Å²) < 4.78 is 6.55. The van der Waals surface area contributed by atoms with Gasteiger partial charge in [0, 0.05) is 11.0 Å². The molecule has 0 unspecified atom stereocenters. The molecule has 0 bridgehead atoms. The van der Waals surface area contributed by atoms with Crippen molar-refractivity contribution in [2.24, 2.45) is 5.73 Å². The fourth-order valence-corrected chi connectivity index (χ4v) is 3.20. The Morgan fingerprint density at radius 2 is 2.19 bits per heavy atom. The molecule has 1 fully saturated rings. The zero-order valence-electron chi connectivity index (χ0n) is 9.63. The van der Waals surface area contributed by atoms with Gasteiger partial charge in [-0.25, -0.2) is 0 Å². The predicted octanol–water partition coefficient (Wildman–Crippen LogP) is 3.23. The van der Waals surface area contributed by atoms with E-state index in [1.165, 1.54) is 24.8 Å². The molecule has 1 aromatic rings. The first-order chi connectivity index (χ1) is 7.73. The fourth-order valence-electron chi connectivity index (χ4n) is 2.67. The Morgan fingerprint density at radius 1 is 1.44 bits per heavy atom. The maximum atomic E-state index is 5.74. The van der Waals surface area contributed by atoms with E-state index >= 15 is 0 Å². The Hall–Kier alpha value is -0.540. The third kappa shape index (κ3) is 1.87. The smallest absolute Gasteiger partial charge is 0.136 e. The lowest BCUT2D eigenvalue weighted by Gasteiger charge is -2.43. The van der Waals surface area contributed by atoms with Crippen LogP contribution in [0.25, 0.3) is 0 Å². The lowest BCUT2D eigenvalue weighted by molar-refractivity contribution is 0.221. The van der Waals surface area contributed by atoms with Gasteiger partial charge in [0.1, 0.15) is 5.75 Å². The number of hydrogen-bond donors (Lipinski definition) is 1. The van der Waals surface area contributed by atoms with Crippen molar-refractivity contribution < 1.29 is 4.74 Å². The zero-order chi connectivity index (χ0) is 11.6. The van der Waals surface area contributed by atoms with Gasteiger partial charge in [-0.05, 0) is 47.8 Å². The van der Waals surface area contributed by atoms with Crippen LogP contribution in [0.4, 0.5) is 0 Å². The van der Waals surface area contributed by atoms with Crippen LogP contribution in [0.15, 0.2) is 22.7 Å². The maximum absolute atomic E-state index is 5.74. The minimum Gasteiger partial charge on any atom is -0.495 e. The Bertz CT molecular complexity index is 374. The van der Waals surface area contributed by atoms with Crippen LogP contribution in [-0.2, 0) is 5.41 Å². The highest BCUT2D eigenvalue weighted by molar-refractivity contribution is 9.10. The standard InChI is InChI=1S/C13H18BrNO/c1-16-12-10(4-2-5-11(12)14)13(8-9-15)6-3-7-13/h2,4-5H,3,6-9,15H2,1H3. The second-order valence-electron chi connectivity index (χ2n) is 4.49. The summed E-state index contributed by atoms with van der Waals surface area (Å²) in [7, 11) is 1.73. The first-order valence-corrected chi connectivity index (χ1v) is 6.56. The molecule has 1 saturated carbocycles. The molecule has 0 radical (unpaired) electrons. The van der Waals surface area contributed by atoms with E-state index in [1.807, 2.05) is 6.07 Å². The predicted molar refractivity (Wildman–Crippen MR) is 69.9 cm³/mol. The molecule has 0 saturated heterocycles. The molecule has 3 heteroatoms. The first kappa shape index (κ1) is 11.9. The quantitative estimate of drug-likeness (QED) is 0.921. The molecule has 0 spiro atoms. The number of methoxy groups -OCH3 is 1. The fraction of sp³-hybridized carbons (Fsp3) is 0.538. The highest BCUT2D eigenvalue weighted by atomic mass is 79.9. The van der Waals surface area contributed by atoms with E-state index in [-0.39, 0.29) is 5.41 Å². The monoisotopic (exact) mass is 283 g/mol. The second-order valence-corrected chi connectivity index (χ2v) is 5.35. The van der Waals surface area contributed by atoms with Gasteiger partial charge in [-0.3, -0.25) is 0 Å². The summed E-state index contributed by atoms with van der Waals surface area (Å²) in [6, 6.07) is 6.29. The normalized spacial score (nSPS) is 17.9. The van der Waals surface area contributed by atoms with Crippen molar-refractivity contribution in [2.45, 2.75) is 31.1 Å². The van der Waals surface area contributed by atoms with Crippen molar-refractivity contribution in [3.05, 3.63) is 28.2 Å². The van der Waals surface area contributed by atoms with Gasteiger partial charge in [-0.2, -0.15) is 0 Å². The second kappa shape index (κ2) is 4.76. The summed E-state index contributed by atoms with van der Waals surface area (Å²) in [4.78, 5) is 0. The molecule has 0 aromatic heterocycles. The van der Waals surface area contributed by atoms with E-state index in [9.17, 15) is 0 Å². The summed E-state index contributed by atoms with van der Waals surface area (Å²) in [5.74, 6) is 0.982. The SMILES string of the molecule is COc1c(Br)cccc1C1(CCN)CCC1. The molecule has 0 heterocycles. The van der Waals surface area contributed by atoms with Crippen molar-refractivity contribution in [3.8, 4) is 5.75 Å². The Kier molecular flexibility index (Phi) is 3.55. The Balaban J connectivity index is 2.41. The van der Waals surface area contributed by atoms with E-state index in [0.29, 0.717) is 0 Å². The molecule has 2 rings (SSSR count). The molecule has 0 amide bonds. The minimum absolute atomic E-state index is 0.268. The molecule has 16 heavy (non-hydrogen) atoms. The third-order valence-electron chi connectivity index (χ3n) is 3.68. The summed E-state index contributed by atoms with van der Waals surface area (Å²) in [6.07, 6.45) is 4.82. The summed E-state index contributed by atoms with van der Waals surface area (Å²) in [5, 5.41) is 0. The molecule has 88 valence electrons. The number of halogens is 1. The van der Waals surface area contributed by atoms with Crippen molar-refractivity contribution in [2.75, 3.05) is 13.7 Å². The molecule has 0 atom stereocenters. The lowest BCUT2D eigenvalue weighted by Crippen LogP contribution is -2.36. The summed E-state index contributed by atoms with van der Waals surface area (Å²) >= 11 is 3.55. The molecule has 0 aliphatic heterocycles. The van der Waals surface area contributed by atoms with Crippen molar-refractivity contribution in [1.82, 2.24) is 0 Å². The van der Waals surface area contributed by atoms with Crippen molar-refractivity contribution in [3.63, 3.8) is 0 Å². The van der Waals surface area contributed by atoms with Gasteiger partial charge < -0.3 is 10.5 Å². The van der Waals surface area contributed by atoms with Crippen LogP contribution in [0.5, 0.6) is 5.75 Å². The van der Waals surface area contributed by atoms with Gasteiger partial charge >= 0.3 is 0 Å². The number of hydrogen-bond acceptors (Lipinski definition) is 2. The lowest BCUT2D eigenvalue weighted by atomic mass is 9.62. The topological polar surface area (TPSA) is 35.2 Å². The highest BCUT2D eigenvalue weighted by Gasteiger charge is 2.40. The van der Waals surface area contributed by atoms with Gasteiger partial charge in [0.25, 0.3) is 0 Å². The van der Waals surface area contributed by atoms with Gasteiger partial charge in [0.2, 0.25) is 0 Å². The van der Waals surface area contributed by atoms with E-state index in [1.54, 1.807) is 7.11 Å². The molecule has 1 aromatic carbocycles. The number of para-hydroxylation sites is 1. The average Bonchev–Trinajstić information content (AvgIpc) is 2.23. The van der Waals surface area contributed by atoms with E-state index in [0.717, 1.165) is 23.2 Å². The molecule has 2 N–H and O–H groups in total.